The lowest BCUT2D eigenvalue weighted by atomic mass is 9.84. The van der Waals surface area contributed by atoms with Gasteiger partial charge in [-0.05, 0) is 50.8 Å². The minimum Gasteiger partial charge on any atom is -0.503 e. The summed E-state index contributed by atoms with van der Waals surface area (Å²) in [5.74, 6) is -3.11. The van der Waals surface area contributed by atoms with E-state index in [2.05, 4.69) is 15.4 Å². The van der Waals surface area contributed by atoms with E-state index in [1.165, 1.54) is 10.8 Å². The minimum atomic E-state index is -1.04. The molecule has 3 atom stereocenters. The third-order valence-corrected chi connectivity index (χ3v) is 8.47. The fourth-order valence-electron chi connectivity index (χ4n) is 6.00. The summed E-state index contributed by atoms with van der Waals surface area (Å²) < 4.78 is 30.1. The van der Waals surface area contributed by atoms with Crippen molar-refractivity contribution in [3.05, 3.63) is 62.6 Å². The van der Waals surface area contributed by atoms with Crippen molar-refractivity contribution in [2.24, 2.45) is 5.16 Å². The summed E-state index contributed by atoms with van der Waals surface area (Å²) in [6.07, 6.45) is 4.01. The summed E-state index contributed by atoms with van der Waals surface area (Å²) in [5, 5.41) is 17.7. The number of oxime groups is 1. The number of aryl methyl sites for hydroxylation is 1. The lowest BCUT2D eigenvalue weighted by Gasteiger charge is -2.42. The van der Waals surface area contributed by atoms with Gasteiger partial charge in [0, 0.05) is 44.0 Å². The number of halogens is 2. The van der Waals surface area contributed by atoms with E-state index >= 15 is 0 Å². The number of hydrogen-bond donors (Lipinski definition) is 2. The first-order valence-corrected chi connectivity index (χ1v) is 13.1. The average molecular weight is 542 g/mol. The molecule has 4 aliphatic rings. The summed E-state index contributed by atoms with van der Waals surface area (Å²) in [5.41, 5.74) is -2.50. The first-order chi connectivity index (χ1) is 18.6. The van der Waals surface area contributed by atoms with Gasteiger partial charge in [-0.25, -0.2) is 8.78 Å². The molecular weight excluding hydrogens is 512 g/mol. The zero-order valence-corrected chi connectivity index (χ0v) is 21.7. The van der Waals surface area contributed by atoms with Gasteiger partial charge in [0.05, 0.1) is 12.5 Å². The summed E-state index contributed by atoms with van der Waals surface area (Å²) in [7, 11) is 0. The lowest BCUT2D eigenvalue weighted by Crippen LogP contribution is -2.53. The maximum Gasteiger partial charge on any atom is 0.274 e. The molecule has 1 aromatic carbocycles. The molecule has 2 fully saturated rings. The zero-order valence-electron chi connectivity index (χ0n) is 21.7. The normalized spacial score (nSPS) is 25.5. The van der Waals surface area contributed by atoms with Gasteiger partial charge in [0.1, 0.15) is 23.0 Å². The van der Waals surface area contributed by atoms with Crippen LogP contribution in [0.3, 0.4) is 0 Å². The first kappa shape index (κ1) is 25.3. The number of nitrogens with zero attached hydrogens (tertiary/aromatic N) is 4. The molecule has 2 aromatic rings. The van der Waals surface area contributed by atoms with Crippen LogP contribution in [0.1, 0.15) is 70.6 Å². The van der Waals surface area contributed by atoms with E-state index in [4.69, 9.17) is 4.84 Å². The topological polar surface area (TPSA) is 116 Å². The third-order valence-electron chi connectivity index (χ3n) is 8.47. The number of nitrogens with one attached hydrogen (secondary N) is 1. The molecule has 10 nitrogen and oxygen atoms in total. The van der Waals surface area contributed by atoms with Gasteiger partial charge in [-0.3, -0.25) is 14.4 Å². The highest BCUT2D eigenvalue weighted by atomic mass is 19.1. The third kappa shape index (κ3) is 3.95. The summed E-state index contributed by atoms with van der Waals surface area (Å²) in [6.45, 7) is 4.98. The molecule has 5 heterocycles. The second-order valence-electron chi connectivity index (χ2n) is 10.9. The molecule has 2 saturated heterocycles. The molecule has 0 aliphatic carbocycles. The van der Waals surface area contributed by atoms with Crippen LogP contribution in [0.15, 0.2) is 28.3 Å². The van der Waals surface area contributed by atoms with E-state index in [1.54, 1.807) is 11.8 Å². The second-order valence-corrected chi connectivity index (χ2v) is 10.9. The molecule has 1 aromatic heterocycles. The van der Waals surface area contributed by atoms with Gasteiger partial charge in [-0.1, -0.05) is 5.16 Å². The van der Waals surface area contributed by atoms with E-state index in [1.807, 2.05) is 6.92 Å². The number of amidine groups is 1. The molecular formula is C27H29F2N5O5. The van der Waals surface area contributed by atoms with Crippen LogP contribution in [0.5, 0.6) is 5.75 Å². The molecule has 2 amide bonds. The van der Waals surface area contributed by atoms with Crippen molar-refractivity contribution >= 4 is 17.6 Å². The predicted octanol–water partition coefficient (Wildman–Crippen LogP) is 2.43. The molecule has 206 valence electrons. The van der Waals surface area contributed by atoms with E-state index in [9.17, 15) is 28.3 Å². The van der Waals surface area contributed by atoms with Crippen LogP contribution >= 0.6 is 0 Å². The zero-order chi connectivity index (χ0) is 27.6. The van der Waals surface area contributed by atoms with Crippen LogP contribution in [-0.2, 0) is 11.4 Å². The molecule has 1 spiro atoms. The van der Waals surface area contributed by atoms with Crippen LogP contribution in [0.25, 0.3) is 0 Å². The van der Waals surface area contributed by atoms with Crippen molar-refractivity contribution < 1.29 is 28.3 Å². The van der Waals surface area contributed by atoms with Gasteiger partial charge in [-0.2, -0.15) is 0 Å². The highest BCUT2D eigenvalue weighted by Crippen LogP contribution is 2.46. The Hall–Kier alpha value is -3.96. The number of carbonyl (C=O) groups excluding carboxylic acids is 2. The number of carbonyl (C=O) groups is 2. The number of hydrogen-bond acceptors (Lipinski definition) is 7. The molecule has 0 saturated carbocycles. The smallest absolute Gasteiger partial charge is 0.274 e. The highest BCUT2D eigenvalue weighted by Gasteiger charge is 2.55. The Kier molecular flexibility index (Phi) is 5.88. The number of rotatable bonds is 3. The Morgan fingerprint density at radius 3 is 2.64 bits per heavy atom. The van der Waals surface area contributed by atoms with Crippen LogP contribution in [-0.4, -0.2) is 68.4 Å². The molecule has 6 rings (SSSR count). The maximum atomic E-state index is 14.3. The number of benzene rings is 1. The van der Waals surface area contributed by atoms with Crippen LogP contribution in [0.4, 0.5) is 8.78 Å². The second kappa shape index (κ2) is 9.06. The van der Waals surface area contributed by atoms with Crippen molar-refractivity contribution in [1.29, 1.82) is 0 Å². The molecule has 2 bridgehead atoms. The van der Waals surface area contributed by atoms with Gasteiger partial charge in [0.2, 0.25) is 5.43 Å². The van der Waals surface area contributed by atoms with Crippen molar-refractivity contribution in [1.82, 2.24) is 19.7 Å². The van der Waals surface area contributed by atoms with Crippen molar-refractivity contribution in [3.63, 3.8) is 0 Å². The highest BCUT2D eigenvalue weighted by molar-refractivity contribution is 5.99. The number of aromatic nitrogens is 1. The molecule has 0 unspecified atom stereocenters. The first-order valence-electron chi connectivity index (χ1n) is 13.1. The number of pyridine rings is 1. The van der Waals surface area contributed by atoms with E-state index in [-0.39, 0.29) is 23.8 Å². The van der Waals surface area contributed by atoms with E-state index < -0.39 is 58.4 Å². The Morgan fingerprint density at radius 2 is 1.97 bits per heavy atom. The molecule has 0 radical (unpaired) electrons. The SMILES string of the molecule is Cc1cc(F)c(CNC(=O)c2cn3c(c(O)c2=O)C(=O)N2C[C@@H]3[C@]3(CC[C@@H]2C)CC(N2CCC2)=NO3)c(F)c1. The van der Waals surface area contributed by atoms with Crippen LogP contribution in [0, 0.1) is 18.6 Å². The number of fused-ring (bicyclic) bond motifs is 5. The van der Waals surface area contributed by atoms with Crippen molar-refractivity contribution in [2.45, 2.75) is 63.8 Å². The largest absolute Gasteiger partial charge is 0.503 e. The fourth-order valence-corrected chi connectivity index (χ4v) is 6.00. The van der Waals surface area contributed by atoms with Crippen LogP contribution < -0.4 is 10.7 Å². The van der Waals surface area contributed by atoms with Gasteiger partial charge in [-0.15, -0.1) is 0 Å². The van der Waals surface area contributed by atoms with Gasteiger partial charge < -0.3 is 29.6 Å². The number of likely N-dealkylation sites (tertiary alicyclic amines) is 1. The van der Waals surface area contributed by atoms with E-state index in [0.717, 1.165) is 37.5 Å². The molecule has 39 heavy (non-hydrogen) atoms. The average Bonchev–Trinajstić information content (AvgIpc) is 3.21. The number of amides is 2. The Labute approximate surface area is 222 Å². The minimum absolute atomic E-state index is 0.165. The lowest BCUT2D eigenvalue weighted by molar-refractivity contribution is -0.0655. The van der Waals surface area contributed by atoms with Crippen LogP contribution in [0.2, 0.25) is 0 Å². The maximum absolute atomic E-state index is 14.3. The molecule has 12 heteroatoms. The monoisotopic (exact) mass is 541 g/mol. The van der Waals surface area contributed by atoms with Crippen molar-refractivity contribution in [2.75, 3.05) is 19.6 Å². The summed E-state index contributed by atoms with van der Waals surface area (Å²) in [6, 6.07) is 1.59. The Bertz CT molecular complexity index is 1460. The summed E-state index contributed by atoms with van der Waals surface area (Å²) in [4.78, 5) is 49.5. The van der Waals surface area contributed by atoms with Gasteiger partial charge in [0.15, 0.2) is 17.0 Å². The van der Waals surface area contributed by atoms with E-state index in [0.29, 0.717) is 24.8 Å². The molecule has 4 aliphatic heterocycles. The summed E-state index contributed by atoms with van der Waals surface area (Å²) >= 11 is 0. The standard InChI is InChI=1S/C27H29F2N5O5/c1-14-8-18(28)16(19(29)9-14)11-30-25(37)17-12-34-20-13-33(26(38)22(34)24(36)23(17)35)15(2)4-5-27(20)10-21(31-39-27)32-6-3-7-32/h8-9,12,15,20,36H,3-7,10-11,13H2,1-2H3,(H,30,37)/t15-,20+,27-/m0/s1. The van der Waals surface area contributed by atoms with Crippen molar-refractivity contribution in [3.8, 4) is 5.75 Å². The van der Waals surface area contributed by atoms with Gasteiger partial charge in [0.25, 0.3) is 11.8 Å². The number of aromatic hydroxyl groups is 1. The predicted molar refractivity (Wildman–Crippen MR) is 135 cm³/mol. The van der Waals surface area contributed by atoms with Gasteiger partial charge >= 0.3 is 0 Å². The fraction of sp³-hybridized carbons (Fsp3) is 0.481. The molecule has 2 N–H and O–H groups in total. The quantitative estimate of drug-likeness (QED) is 0.617. The Balaban J connectivity index is 1.37. The Morgan fingerprint density at radius 1 is 1.26 bits per heavy atom.